The molecule has 3 rings (SSSR count). The van der Waals surface area contributed by atoms with E-state index in [1.807, 2.05) is 24.3 Å². The number of methoxy groups -OCH3 is 1. The van der Waals surface area contributed by atoms with Gasteiger partial charge in [-0.3, -0.25) is 4.79 Å². The first-order chi connectivity index (χ1) is 12.6. The lowest BCUT2D eigenvalue weighted by Crippen LogP contribution is -2.49. The number of carbonyl (C=O) groups excluding carboxylic acids is 1. The first kappa shape index (κ1) is 21.1. The first-order valence-corrected chi connectivity index (χ1v) is 8.65. The number of hydrogen-bond acceptors (Lipinski definition) is 7. The maximum absolute atomic E-state index is 12.8. The second-order valence-corrected chi connectivity index (χ2v) is 6.45. The first-order valence-electron chi connectivity index (χ1n) is 8.65. The second-order valence-electron chi connectivity index (χ2n) is 6.45. The highest BCUT2D eigenvalue weighted by molar-refractivity contribution is 5.85. The van der Waals surface area contributed by atoms with E-state index >= 15 is 0 Å². The monoisotopic (exact) mass is 396 g/mol. The van der Waals surface area contributed by atoms with Crippen molar-refractivity contribution in [2.24, 2.45) is 11.1 Å². The molecule has 148 valence electrons. The summed E-state index contributed by atoms with van der Waals surface area (Å²) in [6.45, 7) is 3.17. The fraction of sp³-hybridized carbons (Fsp3) is 0.500. The number of halogens is 1. The van der Waals surface area contributed by atoms with Crippen molar-refractivity contribution < 1.29 is 18.8 Å². The Morgan fingerprint density at radius 2 is 2.07 bits per heavy atom. The molecule has 1 aliphatic heterocycles. The molecule has 1 atom stereocenters. The molecule has 27 heavy (non-hydrogen) atoms. The molecular weight excluding hydrogens is 372 g/mol. The molecule has 3 N–H and O–H groups in total. The van der Waals surface area contributed by atoms with Gasteiger partial charge in [-0.1, -0.05) is 17.3 Å². The minimum Gasteiger partial charge on any atom is -0.496 e. The molecule has 0 saturated carbocycles. The number of nitrogens with one attached hydrogen (secondary N) is 1. The molecule has 1 unspecified atom stereocenters. The highest BCUT2D eigenvalue weighted by Gasteiger charge is 2.39. The third-order valence-corrected chi connectivity index (χ3v) is 4.83. The van der Waals surface area contributed by atoms with Crippen molar-refractivity contribution in [2.45, 2.75) is 25.8 Å². The summed E-state index contributed by atoms with van der Waals surface area (Å²) in [4.78, 5) is 17.2. The molecular formula is C18H25ClN4O4. The van der Waals surface area contributed by atoms with Gasteiger partial charge in [0.15, 0.2) is 0 Å². The van der Waals surface area contributed by atoms with Crippen molar-refractivity contribution in [3.8, 4) is 17.1 Å². The third kappa shape index (κ3) is 4.40. The van der Waals surface area contributed by atoms with E-state index in [1.54, 1.807) is 14.0 Å². The predicted molar refractivity (Wildman–Crippen MR) is 102 cm³/mol. The third-order valence-electron chi connectivity index (χ3n) is 4.83. The highest BCUT2D eigenvalue weighted by atomic mass is 35.5. The molecule has 1 aromatic heterocycles. The van der Waals surface area contributed by atoms with Crippen LogP contribution in [0.3, 0.4) is 0 Å². The smallest absolute Gasteiger partial charge is 0.249 e. The molecule has 1 saturated heterocycles. The fourth-order valence-corrected chi connectivity index (χ4v) is 3.05. The fourth-order valence-electron chi connectivity index (χ4n) is 3.05. The van der Waals surface area contributed by atoms with Gasteiger partial charge in [-0.05, 0) is 31.9 Å². The molecule has 0 radical (unpaired) electrons. The molecule has 2 heterocycles. The lowest BCUT2D eigenvalue weighted by Gasteiger charge is -2.35. The maximum atomic E-state index is 12.8. The molecule has 1 fully saturated rings. The highest BCUT2D eigenvalue weighted by Crippen LogP contribution is 2.31. The van der Waals surface area contributed by atoms with Gasteiger partial charge >= 0.3 is 0 Å². The van der Waals surface area contributed by atoms with E-state index < -0.39 is 11.5 Å². The Kier molecular flexibility index (Phi) is 7.18. The topological polar surface area (TPSA) is 113 Å². The van der Waals surface area contributed by atoms with Gasteiger partial charge in [0.2, 0.25) is 17.6 Å². The summed E-state index contributed by atoms with van der Waals surface area (Å²) < 4.78 is 16.0. The molecule has 8 nitrogen and oxygen atoms in total. The van der Waals surface area contributed by atoms with E-state index in [0.29, 0.717) is 43.5 Å². The molecule has 1 aromatic carbocycles. The van der Waals surface area contributed by atoms with Crippen LogP contribution in [0.5, 0.6) is 5.75 Å². The zero-order valence-corrected chi connectivity index (χ0v) is 16.3. The zero-order chi connectivity index (χ0) is 18.6. The van der Waals surface area contributed by atoms with Gasteiger partial charge in [-0.15, -0.1) is 12.4 Å². The van der Waals surface area contributed by atoms with Crippen molar-refractivity contribution in [1.29, 1.82) is 0 Å². The number of amides is 1. The number of benzene rings is 1. The van der Waals surface area contributed by atoms with E-state index in [1.165, 1.54) is 0 Å². The van der Waals surface area contributed by atoms with Gasteiger partial charge in [0.1, 0.15) is 11.8 Å². The Labute approximate surface area is 164 Å². The van der Waals surface area contributed by atoms with Gasteiger partial charge in [0, 0.05) is 19.8 Å². The minimum atomic E-state index is -0.599. The molecule has 1 aliphatic rings. The van der Waals surface area contributed by atoms with Crippen molar-refractivity contribution in [3.05, 3.63) is 30.2 Å². The summed E-state index contributed by atoms with van der Waals surface area (Å²) in [7, 11) is 1.59. The van der Waals surface area contributed by atoms with Gasteiger partial charge in [-0.2, -0.15) is 4.98 Å². The molecule has 0 aliphatic carbocycles. The summed E-state index contributed by atoms with van der Waals surface area (Å²) in [5.74, 6) is 1.30. The van der Waals surface area contributed by atoms with Crippen LogP contribution in [-0.2, 0) is 9.53 Å². The van der Waals surface area contributed by atoms with Crippen LogP contribution in [0.4, 0.5) is 0 Å². The Morgan fingerprint density at radius 3 is 2.74 bits per heavy atom. The largest absolute Gasteiger partial charge is 0.496 e. The van der Waals surface area contributed by atoms with Crippen LogP contribution >= 0.6 is 12.4 Å². The molecule has 0 bridgehead atoms. The van der Waals surface area contributed by atoms with Crippen molar-refractivity contribution in [2.75, 3.05) is 26.9 Å². The van der Waals surface area contributed by atoms with Gasteiger partial charge < -0.3 is 25.0 Å². The maximum Gasteiger partial charge on any atom is 0.249 e. The van der Waals surface area contributed by atoms with E-state index in [4.69, 9.17) is 19.7 Å². The van der Waals surface area contributed by atoms with E-state index in [9.17, 15) is 4.79 Å². The number of aromatic nitrogens is 2. The van der Waals surface area contributed by atoms with Gasteiger partial charge in [-0.25, -0.2) is 0 Å². The SMILES string of the molecule is COc1ccccc1-c1noc(C(C)NC(=O)C2(CN)CCOCC2)n1.Cl. The van der Waals surface area contributed by atoms with Crippen LogP contribution in [0.15, 0.2) is 28.8 Å². The standard InChI is InChI=1S/C18H24N4O4.ClH/c1-12(20-17(23)18(11-19)7-9-25-10-8-18)16-21-15(22-26-16)13-5-3-4-6-14(13)24-2;/h3-6,12H,7-11,19H2,1-2H3,(H,20,23);1H. The summed E-state index contributed by atoms with van der Waals surface area (Å²) in [5, 5.41) is 6.96. The average molecular weight is 397 g/mol. The average Bonchev–Trinajstić information content (AvgIpc) is 3.18. The molecule has 1 amide bonds. The number of para-hydroxylation sites is 1. The van der Waals surface area contributed by atoms with Crippen LogP contribution in [0.2, 0.25) is 0 Å². The number of rotatable bonds is 6. The molecule has 2 aromatic rings. The second kappa shape index (κ2) is 9.16. The summed E-state index contributed by atoms with van der Waals surface area (Å²) in [5.41, 5.74) is 6.01. The quantitative estimate of drug-likeness (QED) is 0.768. The summed E-state index contributed by atoms with van der Waals surface area (Å²) >= 11 is 0. The van der Waals surface area contributed by atoms with Crippen molar-refractivity contribution in [3.63, 3.8) is 0 Å². The van der Waals surface area contributed by atoms with Crippen LogP contribution in [0.25, 0.3) is 11.4 Å². The van der Waals surface area contributed by atoms with E-state index in [-0.39, 0.29) is 24.9 Å². The Morgan fingerprint density at radius 1 is 1.37 bits per heavy atom. The van der Waals surface area contributed by atoms with Crippen LogP contribution in [0.1, 0.15) is 31.7 Å². The summed E-state index contributed by atoms with van der Waals surface area (Å²) in [6, 6.07) is 6.99. The molecule has 9 heteroatoms. The molecule has 0 spiro atoms. The van der Waals surface area contributed by atoms with Gasteiger partial charge in [0.05, 0.1) is 18.1 Å². The van der Waals surface area contributed by atoms with Crippen molar-refractivity contribution >= 4 is 18.3 Å². The van der Waals surface area contributed by atoms with E-state index in [0.717, 1.165) is 5.56 Å². The number of nitrogens with zero attached hydrogens (tertiary/aromatic N) is 2. The number of carbonyl (C=O) groups is 1. The van der Waals surface area contributed by atoms with Crippen LogP contribution in [0, 0.1) is 5.41 Å². The zero-order valence-electron chi connectivity index (χ0n) is 15.4. The Balaban J connectivity index is 0.00000261. The number of nitrogens with two attached hydrogens (primary N) is 1. The lowest BCUT2D eigenvalue weighted by atomic mass is 9.79. The Bertz CT molecular complexity index is 761. The predicted octanol–water partition coefficient (Wildman–Crippen LogP) is 2.10. The Hall–Kier alpha value is -2.16. The van der Waals surface area contributed by atoms with E-state index in [2.05, 4.69) is 15.5 Å². The van der Waals surface area contributed by atoms with Crippen LogP contribution < -0.4 is 15.8 Å². The number of hydrogen-bond donors (Lipinski definition) is 2. The summed E-state index contributed by atoms with van der Waals surface area (Å²) in [6.07, 6.45) is 1.22. The van der Waals surface area contributed by atoms with Crippen LogP contribution in [-0.4, -0.2) is 42.9 Å². The minimum absolute atomic E-state index is 0. The lowest BCUT2D eigenvalue weighted by molar-refractivity contribution is -0.136. The van der Waals surface area contributed by atoms with Crippen molar-refractivity contribution in [1.82, 2.24) is 15.5 Å². The number of ether oxygens (including phenoxy) is 2. The van der Waals surface area contributed by atoms with Gasteiger partial charge in [0.25, 0.3) is 0 Å². The normalized spacial score (nSPS) is 16.9.